The third-order valence-corrected chi connectivity index (χ3v) is 1.79. The van der Waals surface area contributed by atoms with Crippen molar-refractivity contribution in [3.8, 4) is 0 Å². The number of rotatable bonds is 4. The monoisotopic (exact) mass is 198 g/mol. The molecule has 0 aromatic carbocycles. The molecule has 14 heavy (non-hydrogen) atoms. The van der Waals surface area contributed by atoms with Crippen LogP contribution in [-0.4, -0.2) is 35.9 Å². The minimum absolute atomic E-state index is 0.0146. The van der Waals surface area contributed by atoms with Gasteiger partial charge in [0, 0.05) is 19.7 Å². The third-order valence-electron chi connectivity index (χ3n) is 1.79. The molecule has 0 aliphatic heterocycles. The van der Waals surface area contributed by atoms with Crippen LogP contribution in [-0.2, 0) is 4.74 Å². The van der Waals surface area contributed by atoms with Crippen LogP contribution < -0.4 is 11.1 Å². The Morgan fingerprint density at radius 1 is 1.86 bits per heavy atom. The summed E-state index contributed by atoms with van der Waals surface area (Å²) in [5.74, 6) is 0.0630. The standard InChI is InChI=1S/C8H14N4O2/c1-5(14-2)4-10-8(13)6-3-7(9)12-11-6/h3,5H,4H2,1-2H3,(H,10,13)(H3,9,11,12). The normalized spacial score (nSPS) is 12.4. The number of hydrogen-bond acceptors (Lipinski definition) is 4. The van der Waals surface area contributed by atoms with Gasteiger partial charge in [0.2, 0.25) is 0 Å². The fraction of sp³-hybridized carbons (Fsp3) is 0.500. The number of aromatic amines is 1. The van der Waals surface area contributed by atoms with Crippen molar-refractivity contribution in [2.45, 2.75) is 13.0 Å². The lowest BCUT2D eigenvalue weighted by Gasteiger charge is -2.09. The highest BCUT2D eigenvalue weighted by atomic mass is 16.5. The van der Waals surface area contributed by atoms with Crippen molar-refractivity contribution in [3.05, 3.63) is 11.8 Å². The van der Waals surface area contributed by atoms with Crippen LogP contribution in [0.5, 0.6) is 0 Å². The summed E-state index contributed by atoms with van der Waals surface area (Å²) in [6, 6.07) is 1.48. The molecular formula is C8H14N4O2. The van der Waals surface area contributed by atoms with Crippen LogP contribution >= 0.6 is 0 Å². The van der Waals surface area contributed by atoms with Crippen molar-refractivity contribution in [3.63, 3.8) is 0 Å². The summed E-state index contributed by atoms with van der Waals surface area (Å²) in [5.41, 5.74) is 5.70. The average molecular weight is 198 g/mol. The number of methoxy groups -OCH3 is 1. The van der Waals surface area contributed by atoms with E-state index in [0.717, 1.165) is 0 Å². The zero-order valence-corrected chi connectivity index (χ0v) is 8.20. The van der Waals surface area contributed by atoms with Gasteiger partial charge in [-0.25, -0.2) is 0 Å². The number of nitrogens with two attached hydrogens (primary N) is 1. The van der Waals surface area contributed by atoms with E-state index in [0.29, 0.717) is 18.1 Å². The first-order valence-electron chi connectivity index (χ1n) is 4.25. The molecule has 6 heteroatoms. The molecule has 6 nitrogen and oxygen atoms in total. The topological polar surface area (TPSA) is 93.0 Å². The van der Waals surface area contributed by atoms with Crippen LogP contribution in [0.3, 0.4) is 0 Å². The number of aromatic nitrogens is 2. The molecule has 1 atom stereocenters. The molecule has 1 heterocycles. The van der Waals surface area contributed by atoms with Gasteiger partial charge < -0.3 is 15.8 Å². The number of carbonyl (C=O) groups excluding carboxylic acids is 1. The van der Waals surface area contributed by atoms with Gasteiger partial charge in [-0.15, -0.1) is 0 Å². The van der Waals surface area contributed by atoms with E-state index in [1.165, 1.54) is 6.07 Å². The average Bonchev–Trinajstić information content (AvgIpc) is 2.60. The second-order valence-electron chi connectivity index (χ2n) is 2.96. The Balaban J connectivity index is 2.43. The van der Waals surface area contributed by atoms with Crippen molar-refractivity contribution < 1.29 is 9.53 Å². The molecule has 0 aliphatic carbocycles. The molecular weight excluding hydrogens is 184 g/mol. The van der Waals surface area contributed by atoms with E-state index in [4.69, 9.17) is 10.5 Å². The summed E-state index contributed by atoms with van der Waals surface area (Å²) in [7, 11) is 1.59. The number of nitrogens with zero attached hydrogens (tertiary/aromatic N) is 1. The van der Waals surface area contributed by atoms with Gasteiger partial charge in [-0.2, -0.15) is 5.10 Å². The Bertz CT molecular complexity index is 310. The van der Waals surface area contributed by atoms with E-state index < -0.39 is 0 Å². The number of nitrogens with one attached hydrogen (secondary N) is 2. The lowest BCUT2D eigenvalue weighted by Crippen LogP contribution is -2.31. The number of ether oxygens (including phenoxy) is 1. The molecule has 1 rings (SSSR count). The molecule has 1 unspecified atom stereocenters. The minimum atomic E-state index is -0.238. The Kier molecular flexibility index (Phi) is 3.47. The zero-order valence-electron chi connectivity index (χ0n) is 8.20. The smallest absolute Gasteiger partial charge is 0.269 e. The predicted molar refractivity (Wildman–Crippen MR) is 51.8 cm³/mol. The van der Waals surface area contributed by atoms with E-state index in [1.807, 2.05) is 6.92 Å². The van der Waals surface area contributed by atoms with Crippen LogP contribution in [0.25, 0.3) is 0 Å². The first-order valence-corrected chi connectivity index (χ1v) is 4.25. The lowest BCUT2D eigenvalue weighted by atomic mass is 10.3. The van der Waals surface area contributed by atoms with Crippen molar-refractivity contribution in [1.29, 1.82) is 0 Å². The fourth-order valence-corrected chi connectivity index (χ4v) is 0.869. The predicted octanol–water partition coefficient (Wildman–Crippen LogP) is -0.243. The molecule has 1 aromatic heterocycles. The maximum absolute atomic E-state index is 11.4. The van der Waals surface area contributed by atoms with Crippen LogP contribution in [0.1, 0.15) is 17.4 Å². The number of carbonyl (C=O) groups is 1. The summed E-state index contributed by atoms with van der Waals surface area (Å²) < 4.78 is 4.98. The first kappa shape index (κ1) is 10.5. The van der Waals surface area contributed by atoms with Crippen LogP contribution in [0, 0.1) is 0 Å². The molecule has 0 spiro atoms. The highest BCUT2D eigenvalue weighted by Gasteiger charge is 2.09. The highest BCUT2D eigenvalue weighted by Crippen LogP contribution is 1.99. The van der Waals surface area contributed by atoms with E-state index in [9.17, 15) is 4.79 Å². The third kappa shape index (κ3) is 2.74. The Labute approximate surface area is 81.8 Å². The van der Waals surface area contributed by atoms with Crippen molar-refractivity contribution in [2.24, 2.45) is 0 Å². The van der Waals surface area contributed by atoms with Gasteiger partial charge in [-0.1, -0.05) is 0 Å². The van der Waals surface area contributed by atoms with E-state index in [2.05, 4.69) is 15.5 Å². The number of hydrogen-bond donors (Lipinski definition) is 3. The van der Waals surface area contributed by atoms with Gasteiger partial charge in [0.05, 0.1) is 6.10 Å². The second-order valence-corrected chi connectivity index (χ2v) is 2.96. The SMILES string of the molecule is COC(C)CNC(=O)c1cc(N)n[nH]1. The molecule has 0 saturated heterocycles. The van der Waals surface area contributed by atoms with Gasteiger partial charge in [0.25, 0.3) is 5.91 Å². The molecule has 1 amide bonds. The Morgan fingerprint density at radius 2 is 2.57 bits per heavy atom. The molecule has 0 radical (unpaired) electrons. The summed E-state index contributed by atoms with van der Waals surface area (Å²) >= 11 is 0. The number of nitrogen functional groups attached to an aromatic ring is 1. The molecule has 0 bridgehead atoms. The van der Waals surface area contributed by atoms with Crippen molar-refractivity contribution in [2.75, 3.05) is 19.4 Å². The molecule has 0 aliphatic rings. The van der Waals surface area contributed by atoms with Crippen LogP contribution in [0.15, 0.2) is 6.07 Å². The Hall–Kier alpha value is -1.56. The number of amides is 1. The molecule has 4 N–H and O–H groups in total. The van der Waals surface area contributed by atoms with Crippen molar-refractivity contribution in [1.82, 2.24) is 15.5 Å². The van der Waals surface area contributed by atoms with Crippen molar-refractivity contribution >= 4 is 11.7 Å². The zero-order chi connectivity index (χ0) is 10.6. The molecule has 0 saturated carbocycles. The van der Waals surface area contributed by atoms with E-state index in [1.54, 1.807) is 7.11 Å². The highest BCUT2D eigenvalue weighted by molar-refractivity contribution is 5.92. The van der Waals surface area contributed by atoms with Gasteiger partial charge in [-0.3, -0.25) is 9.89 Å². The summed E-state index contributed by atoms with van der Waals surface area (Å²) in [6.07, 6.45) is -0.0146. The fourth-order valence-electron chi connectivity index (χ4n) is 0.869. The van der Waals surface area contributed by atoms with Gasteiger partial charge >= 0.3 is 0 Å². The number of anilines is 1. The van der Waals surface area contributed by atoms with E-state index >= 15 is 0 Å². The van der Waals surface area contributed by atoms with Gasteiger partial charge in [0.15, 0.2) is 0 Å². The summed E-state index contributed by atoms with van der Waals surface area (Å²) in [5, 5.41) is 8.84. The Morgan fingerprint density at radius 3 is 3.07 bits per heavy atom. The second kappa shape index (κ2) is 4.61. The van der Waals surface area contributed by atoms with Gasteiger partial charge in [0.1, 0.15) is 11.5 Å². The molecule has 1 aromatic rings. The number of H-pyrrole nitrogens is 1. The minimum Gasteiger partial charge on any atom is -0.382 e. The molecule has 78 valence electrons. The maximum atomic E-state index is 11.4. The largest absolute Gasteiger partial charge is 0.382 e. The van der Waals surface area contributed by atoms with Crippen LogP contribution in [0.2, 0.25) is 0 Å². The summed E-state index contributed by atoms with van der Waals surface area (Å²) in [6.45, 7) is 2.32. The maximum Gasteiger partial charge on any atom is 0.269 e. The molecule has 0 fully saturated rings. The van der Waals surface area contributed by atoms with Crippen LogP contribution in [0.4, 0.5) is 5.82 Å². The lowest BCUT2D eigenvalue weighted by molar-refractivity contribution is 0.0866. The quantitative estimate of drug-likeness (QED) is 0.622. The first-order chi connectivity index (χ1) is 6.63. The summed E-state index contributed by atoms with van der Waals surface area (Å²) in [4.78, 5) is 11.4. The van der Waals surface area contributed by atoms with E-state index in [-0.39, 0.29) is 12.0 Å². The van der Waals surface area contributed by atoms with Gasteiger partial charge in [-0.05, 0) is 6.92 Å².